The molecule has 0 atom stereocenters. The zero-order valence-corrected chi connectivity index (χ0v) is 17.7. The second-order valence-corrected chi connectivity index (χ2v) is 7.44. The monoisotopic (exact) mass is 402 g/mol. The Morgan fingerprint density at radius 1 is 1.31 bits per heavy atom. The average molecular weight is 402 g/mol. The van der Waals surface area contributed by atoms with Gasteiger partial charge in [0, 0.05) is 13.6 Å². The minimum Gasteiger partial charge on any atom is -0.483 e. The van der Waals surface area contributed by atoms with E-state index in [-0.39, 0.29) is 24.0 Å². The van der Waals surface area contributed by atoms with Gasteiger partial charge < -0.3 is 15.4 Å². The maximum atomic E-state index is 12.7. The molecule has 1 aromatic carbocycles. The summed E-state index contributed by atoms with van der Waals surface area (Å²) in [6, 6.07) is 5.86. The van der Waals surface area contributed by atoms with Crippen LogP contribution in [0.3, 0.4) is 0 Å². The number of anilines is 2. The summed E-state index contributed by atoms with van der Waals surface area (Å²) in [6.07, 6.45) is 1.58. The smallest absolute Gasteiger partial charge is 0.330 e. The molecule has 3 N–H and O–H groups in total. The van der Waals surface area contributed by atoms with Gasteiger partial charge in [-0.25, -0.2) is 4.79 Å². The van der Waals surface area contributed by atoms with E-state index in [0.29, 0.717) is 12.3 Å². The SMILES string of the molecule is CCCCn1c(N)c(N(C)C(=O)COc2cc(C)ccc2C(C)C)c(=O)[nH]c1=O. The number of H-pyrrole nitrogens is 1. The van der Waals surface area contributed by atoms with Gasteiger partial charge in [0.25, 0.3) is 11.5 Å². The first-order valence-corrected chi connectivity index (χ1v) is 9.79. The second kappa shape index (κ2) is 9.45. The number of aromatic nitrogens is 2. The van der Waals surface area contributed by atoms with Crippen molar-refractivity contribution in [2.24, 2.45) is 0 Å². The first-order chi connectivity index (χ1) is 13.7. The number of nitrogen functional groups attached to an aromatic ring is 1. The summed E-state index contributed by atoms with van der Waals surface area (Å²) in [6.45, 7) is 8.13. The molecule has 1 heterocycles. The van der Waals surface area contributed by atoms with Gasteiger partial charge in [-0.05, 0) is 36.5 Å². The van der Waals surface area contributed by atoms with Crippen molar-refractivity contribution in [1.82, 2.24) is 9.55 Å². The first-order valence-electron chi connectivity index (χ1n) is 9.79. The number of hydrogen-bond acceptors (Lipinski definition) is 5. The molecule has 0 saturated heterocycles. The molecule has 1 aromatic heterocycles. The molecule has 158 valence electrons. The number of aromatic amines is 1. The molecule has 29 heavy (non-hydrogen) atoms. The fraction of sp³-hybridized carbons (Fsp3) is 0.476. The van der Waals surface area contributed by atoms with E-state index in [1.54, 1.807) is 0 Å². The van der Waals surface area contributed by atoms with Crippen molar-refractivity contribution < 1.29 is 9.53 Å². The maximum Gasteiger partial charge on any atom is 0.330 e. The first kappa shape index (κ1) is 22.3. The highest BCUT2D eigenvalue weighted by atomic mass is 16.5. The van der Waals surface area contributed by atoms with E-state index >= 15 is 0 Å². The number of unbranched alkanes of at least 4 members (excludes halogenated alkanes) is 1. The lowest BCUT2D eigenvalue weighted by Gasteiger charge is -2.21. The van der Waals surface area contributed by atoms with E-state index in [4.69, 9.17) is 10.5 Å². The zero-order valence-electron chi connectivity index (χ0n) is 17.7. The fourth-order valence-corrected chi connectivity index (χ4v) is 3.04. The minimum absolute atomic E-state index is 0.0264. The average Bonchev–Trinajstić information content (AvgIpc) is 2.65. The number of carbonyl (C=O) groups excluding carboxylic acids is 1. The Bertz CT molecular complexity index is 991. The van der Waals surface area contributed by atoms with Crippen LogP contribution in [0, 0.1) is 6.92 Å². The summed E-state index contributed by atoms with van der Waals surface area (Å²) in [7, 11) is 1.45. The number of nitrogens with one attached hydrogen (secondary N) is 1. The van der Waals surface area contributed by atoms with Gasteiger partial charge in [0.15, 0.2) is 12.3 Å². The zero-order chi connectivity index (χ0) is 21.7. The third kappa shape index (κ3) is 5.07. The third-order valence-electron chi connectivity index (χ3n) is 4.80. The third-order valence-corrected chi connectivity index (χ3v) is 4.80. The normalized spacial score (nSPS) is 11.0. The Kier molecular flexibility index (Phi) is 7.25. The molecule has 1 amide bonds. The molecule has 8 heteroatoms. The molecule has 0 unspecified atom stereocenters. The van der Waals surface area contributed by atoms with Crippen LogP contribution >= 0.6 is 0 Å². The van der Waals surface area contributed by atoms with Gasteiger partial charge in [-0.1, -0.05) is 39.3 Å². The number of aryl methyl sites for hydroxylation is 1. The van der Waals surface area contributed by atoms with Crippen molar-refractivity contribution >= 4 is 17.4 Å². The highest BCUT2D eigenvalue weighted by Crippen LogP contribution is 2.27. The van der Waals surface area contributed by atoms with Gasteiger partial charge in [-0.2, -0.15) is 0 Å². The van der Waals surface area contributed by atoms with Crippen LogP contribution in [-0.4, -0.2) is 29.1 Å². The van der Waals surface area contributed by atoms with Gasteiger partial charge in [-0.15, -0.1) is 0 Å². The van der Waals surface area contributed by atoms with Crippen LogP contribution in [0.4, 0.5) is 11.5 Å². The van der Waals surface area contributed by atoms with E-state index in [9.17, 15) is 14.4 Å². The lowest BCUT2D eigenvalue weighted by Crippen LogP contribution is -2.40. The van der Waals surface area contributed by atoms with Crippen LogP contribution < -0.4 is 26.6 Å². The van der Waals surface area contributed by atoms with Crippen molar-refractivity contribution in [2.45, 2.75) is 53.0 Å². The summed E-state index contributed by atoms with van der Waals surface area (Å²) in [5.41, 5.74) is 6.75. The number of hydrogen-bond donors (Lipinski definition) is 2. The molecule has 2 rings (SSSR count). The van der Waals surface area contributed by atoms with Crippen molar-refractivity contribution in [1.29, 1.82) is 0 Å². The molecule has 0 fully saturated rings. The molecule has 0 aliphatic rings. The molecule has 0 aliphatic heterocycles. The number of benzene rings is 1. The van der Waals surface area contributed by atoms with Crippen molar-refractivity contribution in [2.75, 3.05) is 24.3 Å². The van der Waals surface area contributed by atoms with Gasteiger partial charge in [0.2, 0.25) is 0 Å². The topological polar surface area (TPSA) is 110 Å². The van der Waals surface area contributed by atoms with Crippen LogP contribution in [0.5, 0.6) is 5.75 Å². The van der Waals surface area contributed by atoms with Crippen LogP contribution in [0.15, 0.2) is 27.8 Å². The number of likely N-dealkylation sites (N-methyl/N-ethyl adjacent to an activating group) is 1. The lowest BCUT2D eigenvalue weighted by atomic mass is 10.0. The quantitative estimate of drug-likeness (QED) is 0.704. The number of amides is 1. The van der Waals surface area contributed by atoms with Crippen molar-refractivity contribution in [3.8, 4) is 5.75 Å². The van der Waals surface area contributed by atoms with Gasteiger partial charge >= 0.3 is 5.69 Å². The van der Waals surface area contributed by atoms with Crippen LogP contribution in [0.2, 0.25) is 0 Å². The lowest BCUT2D eigenvalue weighted by molar-refractivity contribution is -0.120. The molecule has 2 aromatic rings. The van der Waals surface area contributed by atoms with Crippen LogP contribution in [0.25, 0.3) is 0 Å². The van der Waals surface area contributed by atoms with Gasteiger partial charge in [-0.3, -0.25) is 19.1 Å². The second-order valence-electron chi connectivity index (χ2n) is 7.44. The molecule has 0 aliphatic carbocycles. The molecule has 8 nitrogen and oxygen atoms in total. The van der Waals surface area contributed by atoms with Gasteiger partial charge in [0.05, 0.1) is 0 Å². The predicted octanol–water partition coefficient (Wildman–Crippen LogP) is 2.39. The summed E-state index contributed by atoms with van der Waals surface area (Å²) in [4.78, 5) is 40.4. The summed E-state index contributed by atoms with van der Waals surface area (Å²) in [5.74, 6) is 0.399. The fourth-order valence-electron chi connectivity index (χ4n) is 3.04. The molecule has 0 radical (unpaired) electrons. The predicted molar refractivity (Wildman–Crippen MR) is 115 cm³/mol. The maximum absolute atomic E-state index is 12.7. The van der Waals surface area contributed by atoms with Crippen molar-refractivity contribution in [3.63, 3.8) is 0 Å². The van der Waals surface area contributed by atoms with Crippen LogP contribution in [-0.2, 0) is 11.3 Å². The highest BCUT2D eigenvalue weighted by molar-refractivity contribution is 5.96. The molecule has 0 saturated carbocycles. The standard InChI is InChI=1S/C21H30N4O4/c1-6-7-10-25-19(22)18(20(27)23-21(25)28)24(5)17(26)12-29-16-11-14(4)8-9-15(16)13(2)3/h8-9,11,13H,6-7,10,12,22H2,1-5H3,(H,23,27,28). The minimum atomic E-state index is -0.700. The molecule has 0 spiro atoms. The Morgan fingerprint density at radius 2 is 2.00 bits per heavy atom. The number of nitrogens with two attached hydrogens (primary N) is 1. The largest absolute Gasteiger partial charge is 0.483 e. The van der Waals surface area contributed by atoms with E-state index in [1.165, 1.54) is 11.6 Å². The van der Waals surface area contributed by atoms with Crippen molar-refractivity contribution in [3.05, 3.63) is 50.2 Å². The summed E-state index contributed by atoms with van der Waals surface area (Å²) in [5, 5.41) is 0. The number of carbonyl (C=O) groups is 1. The molecule has 0 bridgehead atoms. The summed E-state index contributed by atoms with van der Waals surface area (Å²) < 4.78 is 7.05. The number of rotatable bonds is 8. The molecular weight excluding hydrogens is 372 g/mol. The van der Waals surface area contributed by atoms with Gasteiger partial charge in [0.1, 0.15) is 11.6 Å². The van der Waals surface area contributed by atoms with E-state index in [0.717, 1.165) is 28.9 Å². The Labute approximate surface area is 170 Å². The van der Waals surface area contributed by atoms with E-state index in [1.807, 2.05) is 45.9 Å². The van der Waals surface area contributed by atoms with Crippen LogP contribution in [0.1, 0.15) is 50.7 Å². The Morgan fingerprint density at radius 3 is 2.62 bits per heavy atom. The Hall–Kier alpha value is -3.03. The van der Waals surface area contributed by atoms with E-state index < -0.39 is 17.2 Å². The number of ether oxygens (including phenoxy) is 1. The highest BCUT2D eigenvalue weighted by Gasteiger charge is 2.21. The number of nitrogens with zero attached hydrogens (tertiary/aromatic N) is 2. The molecular formula is C21H30N4O4. The van der Waals surface area contributed by atoms with E-state index in [2.05, 4.69) is 4.98 Å². The Balaban J connectivity index is 2.26. The summed E-state index contributed by atoms with van der Waals surface area (Å²) >= 11 is 0.